The molecule has 22 heavy (non-hydrogen) atoms. The van der Waals surface area contributed by atoms with E-state index in [0.29, 0.717) is 13.1 Å². The van der Waals surface area contributed by atoms with Gasteiger partial charge in [0, 0.05) is 11.9 Å². The third kappa shape index (κ3) is 3.32. The summed E-state index contributed by atoms with van der Waals surface area (Å²) in [5.74, 6) is -0.665. The van der Waals surface area contributed by atoms with E-state index < -0.39 is 0 Å². The standard InChI is InChI=1S/C15H17FN4OS/c1-9-19-12(8-22-9)6-17-15(21)13-7-18-20-14(13)10-3-2-4-11(16)5-10/h2-5,8,13-14,18,20H,6-7H2,1H3,(H,17,21). The molecule has 1 saturated heterocycles. The number of aryl methyl sites for hydroxylation is 1. The second-order valence-electron chi connectivity index (χ2n) is 5.24. The van der Waals surface area contributed by atoms with Crippen molar-refractivity contribution in [3.63, 3.8) is 0 Å². The molecule has 1 aromatic carbocycles. The number of carbonyl (C=O) groups excluding carboxylic acids is 1. The van der Waals surface area contributed by atoms with Crippen molar-refractivity contribution in [2.75, 3.05) is 6.54 Å². The third-order valence-corrected chi connectivity index (χ3v) is 4.46. The molecule has 1 aromatic heterocycles. The first-order chi connectivity index (χ1) is 10.6. The minimum Gasteiger partial charge on any atom is -0.350 e. The predicted molar refractivity (Wildman–Crippen MR) is 82.5 cm³/mol. The van der Waals surface area contributed by atoms with Crippen molar-refractivity contribution in [3.8, 4) is 0 Å². The van der Waals surface area contributed by atoms with Gasteiger partial charge in [0.2, 0.25) is 5.91 Å². The Morgan fingerprint density at radius 2 is 2.41 bits per heavy atom. The molecule has 0 spiro atoms. The fourth-order valence-corrected chi connectivity index (χ4v) is 3.17. The van der Waals surface area contributed by atoms with Crippen LogP contribution in [-0.4, -0.2) is 17.4 Å². The van der Waals surface area contributed by atoms with Crippen molar-refractivity contribution < 1.29 is 9.18 Å². The van der Waals surface area contributed by atoms with Crippen LogP contribution in [0.1, 0.15) is 22.3 Å². The fraction of sp³-hybridized carbons (Fsp3) is 0.333. The number of carbonyl (C=O) groups is 1. The molecule has 1 amide bonds. The monoisotopic (exact) mass is 320 g/mol. The molecule has 2 unspecified atom stereocenters. The second-order valence-corrected chi connectivity index (χ2v) is 6.30. The predicted octanol–water partition coefficient (Wildman–Crippen LogP) is 1.67. The molecule has 2 aromatic rings. The van der Waals surface area contributed by atoms with Crippen LogP contribution < -0.4 is 16.2 Å². The molecule has 3 N–H and O–H groups in total. The van der Waals surface area contributed by atoms with E-state index in [0.717, 1.165) is 16.3 Å². The largest absolute Gasteiger partial charge is 0.350 e. The minimum absolute atomic E-state index is 0.0718. The average molecular weight is 320 g/mol. The van der Waals surface area contributed by atoms with Crippen LogP contribution in [0, 0.1) is 18.7 Å². The summed E-state index contributed by atoms with van der Waals surface area (Å²) in [5.41, 5.74) is 7.64. The second kappa shape index (κ2) is 6.51. The van der Waals surface area contributed by atoms with E-state index in [4.69, 9.17) is 0 Å². The topological polar surface area (TPSA) is 66.0 Å². The van der Waals surface area contributed by atoms with E-state index >= 15 is 0 Å². The van der Waals surface area contributed by atoms with E-state index in [1.807, 2.05) is 18.4 Å². The summed E-state index contributed by atoms with van der Waals surface area (Å²) in [4.78, 5) is 16.7. The lowest BCUT2D eigenvalue weighted by molar-refractivity contribution is -0.125. The van der Waals surface area contributed by atoms with Crippen LogP contribution in [0.15, 0.2) is 29.6 Å². The molecule has 7 heteroatoms. The Morgan fingerprint density at radius 3 is 3.14 bits per heavy atom. The van der Waals surface area contributed by atoms with Gasteiger partial charge in [0.25, 0.3) is 0 Å². The first kappa shape index (κ1) is 15.1. The van der Waals surface area contributed by atoms with Crippen molar-refractivity contribution in [1.29, 1.82) is 0 Å². The van der Waals surface area contributed by atoms with Crippen LogP contribution in [0.3, 0.4) is 0 Å². The number of hydrazine groups is 1. The molecule has 1 aliphatic rings. The Hall–Kier alpha value is -1.83. The fourth-order valence-electron chi connectivity index (χ4n) is 2.56. The molecule has 3 rings (SSSR count). The van der Waals surface area contributed by atoms with Crippen molar-refractivity contribution in [2.24, 2.45) is 5.92 Å². The van der Waals surface area contributed by atoms with E-state index in [1.165, 1.54) is 12.1 Å². The van der Waals surface area contributed by atoms with Crippen molar-refractivity contribution in [1.82, 2.24) is 21.2 Å². The number of hydrogen-bond acceptors (Lipinski definition) is 5. The molecule has 1 aliphatic heterocycles. The highest BCUT2D eigenvalue weighted by atomic mass is 32.1. The van der Waals surface area contributed by atoms with Crippen LogP contribution in [0.5, 0.6) is 0 Å². The smallest absolute Gasteiger partial charge is 0.226 e. The third-order valence-electron chi connectivity index (χ3n) is 3.64. The first-order valence-electron chi connectivity index (χ1n) is 7.06. The SMILES string of the molecule is Cc1nc(CNC(=O)C2CNNC2c2cccc(F)c2)cs1. The molecule has 5 nitrogen and oxygen atoms in total. The number of hydrogen-bond donors (Lipinski definition) is 3. The summed E-state index contributed by atoms with van der Waals surface area (Å²) in [6.07, 6.45) is 0. The normalized spacial score (nSPS) is 21.0. The lowest BCUT2D eigenvalue weighted by Crippen LogP contribution is -2.34. The molecular formula is C15H17FN4OS. The van der Waals surface area contributed by atoms with Crippen LogP contribution in [0.4, 0.5) is 4.39 Å². The summed E-state index contributed by atoms with van der Waals surface area (Å²) in [7, 11) is 0. The first-order valence-corrected chi connectivity index (χ1v) is 7.94. The van der Waals surface area contributed by atoms with Crippen LogP contribution in [0.25, 0.3) is 0 Å². The maximum atomic E-state index is 13.4. The zero-order valence-corrected chi connectivity index (χ0v) is 12.9. The summed E-state index contributed by atoms with van der Waals surface area (Å²) < 4.78 is 13.4. The van der Waals surface area contributed by atoms with Gasteiger partial charge >= 0.3 is 0 Å². The molecule has 0 aliphatic carbocycles. The lowest BCUT2D eigenvalue weighted by Gasteiger charge is -2.18. The van der Waals surface area contributed by atoms with E-state index in [2.05, 4.69) is 21.2 Å². The van der Waals surface area contributed by atoms with Crippen LogP contribution in [-0.2, 0) is 11.3 Å². The zero-order chi connectivity index (χ0) is 15.5. The Balaban J connectivity index is 1.66. The number of thiazole rings is 1. The van der Waals surface area contributed by atoms with E-state index in [1.54, 1.807) is 17.4 Å². The van der Waals surface area contributed by atoms with Gasteiger partial charge < -0.3 is 5.32 Å². The van der Waals surface area contributed by atoms with E-state index in [-0.39, 0.29) is 23.7 Å². The summed E-state index contributed by atoms with van der Waals surface area (Å²) >= 11 is 1.56. The van der Waals surface area contributed by atoms with Gasteiger partial charge in [0.05, 0.1) is 29.2 Å². The van der Waals surface area contributed by atoms with Gasteiger partial charge in [-0.1, -0.05) is 12.1 Å². The molecule has 0 bridgehead atoms. The molecule has 116 valence electrons. The van der Waals surface area contributed by atoms with Crippen molar-refractivity contribution in [2.45, 2.75) is 19.5 Å². The molecular weight excluding hydrogens is 303 g/mol. The van der Waals surface area contributed by atoms with Crippen molar-refractivity contribution >= 4 is 17.2 Å². The Kier molecular flexibility index (Phi) is 4.47. The van der Waals surface area contributed by atoms with Gasteiger partial charge in [-0.05, 0) is 24.6 Å². The number of halogens is 1. The molecule has 2 atom stereocenters. The molecule has 0 radical (unpaired) electrons. The Bertz CT molecular complexity index is 675. The Labute approximate surface area is 131 Å². The summed E-state index contributed by atoms with van der Waals surface area (Å²) in [5, 5.41) is 5.81. The maximum absolute atomic E-state index is 13.4. The van der Waals surface area contributed by atoms with Crippen LogP contribution >= 0.6 is 11.3 Å². The van der Waals surface area contributed by atoms with Gasteiger partial charge in [-0.25, -0.2) is 14.8 Å². The minimum atomic E-state index is -0.302. The zero-order valence-electron chi connectivity index (χ0n) is 12.1. The Morgan fingerprint density at radius 1 is 1.55 bits per heavy atom. The highest BCUT2D eigenvalue weighted by molar-refractivity contribution is 7.09. The number of nitrogens with one attached hydrogen (secondary N) is 3. The quantitative estimate of drug-likeness (QED) is 0.802. The molecule has 1 fully saturated rings. The van der Waals surface area contributed by atoms with Gasteiger partial charge in [0.1, 0.15) is 5.82 Å². The average Bonchev–Trinajstić information content (AvgIpc) is 3.13. The number of amides is 1. The number of rotatable bonds is 4. The number of aromatic nitrogens is 1. The maximum Gasteiger partial charge on any atom is 0.226 e. The van der Waals surface area contributed by atoms with Gasteiger partial charge in [0.15, 0.2) is 0 Å². The number of nitrogens with zero attached hydrogens (tertiary/aromatic N) is 1. The van der Waals surface area contributed by atoms with Crippen molar-refractivity contribution in [3.05, 3.63) is 51.7 Å². The van der Waals surface area contributed by atoms with Crippen LogP contribution in [0.2, 0.25) is 0 Å². The van der Waals surface area contributed by atoms with Gasteiger partial charge in [-0.3, -0.25) is 10.2 Å². The van der Waals surface area contributed by atoms with Gasteiger partial charge in [-0.2, -0.15) is 0 Å². The molecule has 0 saturated carbocycles. The molecule has 2 heterocycles. The summed E-state index contributed by atoms with van der Waals surface area (Å²) in [6, 6.07) is 6.07. The highest BCUT2D eigenvalue weighted by Gasteiger charge is 2.33. The number of benzene rings is 1. The van der Waals surface area contributed by atoms with E-state index in [9.17, 15) is 9.18 Å². The highest BCUT2D eigenvalue weighted by Crippen LogP contribution is 2.25. The summed E-state index contributed by atoms with van der Waals surface area (Å²) in [6.45, 7) is 2.85. The lowest BCUT2D eigenvalue weighted by atomic mass is 9.94. The van der Waals surface area contributed by atoms with Gasteiger partial charge in [-0.15, -0.1) is 11.3 Å².